The van der Waals surface area contributed by atoms with Gasteiger partial charge in [0, 0.05) is 6.92 Å². The van der Waals surface area contributed by atoms with E-state index in [1.807, 2.05) is 6.92 Å². The lowest BCUT2D eigenvalue weighted by Crippen LogP contribution is -2.34. The molecule has 0 N–H and O–H groups in total. The molecule has 1 aliphatic carbocycles. The Balaban J connectivity index is 1.91. The van der Waals surface area contributed by atoms with Crippen molar-refractivity contribution in [2.45, 2.75) is 51.9 Å². The predicted octanol–water partition coefficient (Wildman–Crippen LogP) is 4.95. The van der Waals surface area contributed by atoms with E-state index in [1.165, 1.54) is 18.2 Å². The van der Waals surface area contributed by atoms with Gasteiger partial charge in [0.2, 0.25) is 11.8 Å². The van der Waals surface area contributed by atoms with Crippen LogP contribution in [0.1, 0.15) is 62.6 Å². The summed E-state index contributed by atoms with van der Waals surface area (Å²) < 4.78 is 34.3. The lowest BCUT2D eigenvalue weighted by molar-refractivity contribution is 0.297. The minimum Gasteiger partial charge on any atom is -0.425 e. The van der Waals surface area contributed by atoms with Gasteiger partial charge in [0.1, 0.15) is 11.6 Å². The number of fused-ring (bicyclic) bond motifs is 1. The van der Waals surface area contributed by atoms with Gasteiger partial charge in [-0.2, -0.15) is 5.10 Å². The van der Waals surface area contributed by atoms with Gasteiger partial charge in [-0.15, -0.1) is 15.3 Å². The monoisotopic (exact) mass is 384 g/mol. The molecule has 1 aliphatic rings. The van der Waals surface area contributed by atoms with E-state index in [0.717, 1.165) is 24.1 Å². The first-order chi connectivity index (χ1) is 13.3. The Kier molecular flexibility index (Phi) is 4.48. The minimum atomic E-state index is -0.651. The second kappa shape index (κ2) is 6.72. The summed E-state index contributed by atoms with van der Waals surface area (Å²) in [5, 5.41) is 16.8. The second-order valence-electron chi connectivity index (χ2n) is 7.98. The van der Waals surface area contributed by atoms with Crippen LogP contribution in [0.25, 0.3) is 11.3 Å². The molecular formula is C21H22F2N4O. The zero-order valence-electron chi connectivity index (χ0n) is 16.3. The molecule has 2 atom stereocenters. The summed E-state index contributed by atoms with van der Waals surface area (Å²) in [5.74, 6) is 0.226. The quantitative estimate of drug-likeness (QED) is 0.639. The van der Waals surface area contributed by atoms with Crippen molar-refractivity contribution in [3.05, 3.63) is 58.9 Å². The molecule has 0 amide bonds. The highest BCUT2D eigenvalue weighted by Gasteiger charge is 2.44. The van der Waals surface area contributed by atoms with E-state index in [1.54, 1.807) is 13.0 Å². The van der Waals surface area contributed by atoms with Crippen LogP contribution in [0.3, 0.4) is 0 Å². The third kappa shape index (κ3) is 2.89. The number of hydrogen-bond donors (Lipinski definition) is 0. The van der Waals surface area contributed by atoms with Crippen molar-refractivity contribution >= 4 is 0 Å². The van der Waals surface area contributed by atoms with Gasteiger partial charge in [0.15, 0.2) is 0 Å². The highest BCUT2D eigenvalue weighted by atomic mass is 19.1. The number of aromatic nitrogens is 4. The van der Waals surface area contributed by atoms with Crippen LogP contribution in [0.2, 0.25) is 0 Å². The summed E-state index contributed by atoms with van der Waals surface area (Å²) in [6, 6.07) is 5.57. The van der Waals surface area contributed by atoms with E-state index in [0.29, 0.717) is 17.7 Å². The summed E-state index contributed by atoms with van der Waals surface area (Å²) >= 11 is 0. The third-order valence-electron chi connectivity index (χ3n) is 5.72. The highest BCUT2D eigenvalue weighted by molar-refractivity contribution is 5.62. The summed E-state index contributed by atoms with van der Waals surface area (Å²) in [5.41, 5.74) is 1.14. The highest BCUT2D eigenvalue weighted by Crippen LogP contribution is 2.48. The molecular weight excluding hydrogens is 362 g/mol. The van der Waals surface area contributed by atoms with Crippen molar-refractivity contribution in [2.75, 3.05) is 0 Å². The smallest absolute Gasteiger partial charge is 0.228 e. The fourth-order valence-electron chi connectivity index (χ4n) is 4.12. The average Bonchev–Trinajstić information content (AvgIpc) is 3.09. The van der Waals surface area contributed by atoms with Crippen LogP contribution >= 0.6 is 0 Å². The van der Waals surface area contributed by atoms with Crippen LogP contribution in [0, 0.1) is 24.5 Å². The Labute approximate surface area is 162 Å². The Morgan fingerprint density at radius 2 is 1.82 bits per heavy atom. The second-order valence-corrected chi connectivity index (χ2v) is 7.98. The topological polar surface area (TPSA) is 64.7 Å². The number of hydrogen-bond acceptors (Lipinski definition) is 5. The Bertz CT molecular complexity index is 1010. The average molecular weight is 384 g/mol. The van der Waals surface area contributed by atoms with E-state index < -0.39 is 17.0 Å². The molecule has 4 rings (SSSR count). The number of rotatable bonds is 3. The van der Waals surface area contributed by atoms with Gasteiger partial charge in [0.05, 0.1) is 22.4 Å². The van der Waals surface area contributed by atoms with E-state index in [9.17, 15) is 8.78 Å². The number of nitrogens with zero attached hydrogens (tertiary/aromatic N) is 4. The van der Waals surface area contributed by atoms with Crippen LogP contribution in [0.5, 0.6) is 0 Å². The van der Waals surface area contributed by atoms with Crippen LogP contribution in [0.4, 0.5) is 8.78 Å². The van der Waals surface area contributed by atoms with Gasteiger partial charge in [-0.1, -0.05) is 19.9 Å². The van der Waals surface area contributed by atoms with Crippen LogP contribution in [-0.2, 0) is 5.41 Å². The van der Waals surface area contributed by atoms with E-state index in [4.69, 9.17) is 4.42 Å². The summed E-state index contributed by atoms with van der Waals surface area (Å²) in [4.78, 5) is 0. The molecule has 1 aromatic carbocycles. The van der Waals surface area contributed by atoms with Gasteiger partial charge >= 0.3 is 0 Å². The van der Waals surface area contributed by atoms with Crippen LogP contribution in [-0.4, -0.2) is 20.4 Å². The van der Waals surface area contributed by atoms with Crippen molar-refractivity contribution < 1.29 is 13.2 Å². The molecule has 2 heterocycles. The molecule has 3 aromatic rings. The first-order valence-corrected chi connectivity index (χ1v) is 9.44. The van der Waals surface area contributed by atoms with Crippen molar-refractivity contribution in [3.8, 4) is 11.3 Å². The van der Waals surface area contributed by atoms with Gasteiger partial charge in [0.25, 0.3) is 0 Å². The Hall–Kier alpha value is -2.70. The van der Waals surface area contributed by atoms with Crippen molar-refractivity contribution in [1.29, 1.82) is 0 Å². The fourth-order valence-corrected chi connectivity index (χ4v) is 4.12. The molecule has 0 spiro atoms. The molecule has 0 aliphatic heterocycles. The summed E-state index contributed by atoms with van der Waals surface area (Å²) in [6.45, 7) is 8.03. The summed E-state index contributed by atoms with van der Waals surface area (Å²) in [7, 11) is 0. The van der Waals surface area contributed by atoms with Gasteiger partial charge in [-0.3, -0.25) is 0 Å². The lowest BCUT2D eigenvalue weighted by Gasteiger charge is -2.37. The van der Waals surface area contributed by atoms with E-state index >= 15 is 0 Å². The van der Waals surface area contributed by atoms with Gasteiger partial charge in [-0.25, -0.2) is 8.78 Å². The summed E-state index contributed by atoms with van der Waals surface area (Å²) in [6.07, 6.45) is 1.67. The molecule has 0 fully saturated rings. The minimum absolute atomic E-state index is 0.152. The Morgan fingerprint density at radius 1 is 1.11 bits per heavy atom. The molecule has 146 valence electrons. The molecule has 0 unspecified atom stereocenters. The van der Waals surface area contributed by atoms with Gasteiger partial charge in [-0.05, 0) is 55.4 Å². The van der Waals surface area contributed by atoms with Crippen molar-refractivity contribution in [3.63, 3.8) is 0 Å². The molecule has 7 heteroatoms. The lowest BCUT2D eigenvalue weighted by atomic mass is 9.67. The number of aryl methyl sites for hydroxylation is 1. The molecule has 2 aromatic heterocycles. The standard InChI is InChI=1S/C21H22F2N4O/c1-11(2)13-8-9-21(4,20-27-24-12(3)28-20)19-14(13)10-17(25-26-19)18-15(22)6-5-7-16(18)23/h5-7,10-11,13H,8-9H2,1-4H3/t13-,21+/m1/s1. The molecule has 5 nitrogen and oxygen atoms in total. The van der Waals surface area contributed by atoms with Crippen LogP contribution < -0.4 is 0 Å². The third-order valence-corrected chi connectivity index (χ3v) is 5.72. The zero-order valence-corrected chi connectivity index (χ0v) is 16.3. The molecule has 0 saturated carbocycles. The maximum atomic E-state index is 14.3. The maximum Gasteiger partial charge on any atom is 0.228 e. The van der Waals surface area contributed by atoms with Gasteiger partial charge < -0.3 is 4.42 Å². The van der Waals surface area contributed by atoms with E-state index in [2.05, 4.69) is 34.2 Å². The van der Waals surface area contributed by atoms with E-state index in [-0.39, 0.29) is 17.2 Å². The van der Waals surface area contributed by atoms with Crippen molar-refractivity contribution in [2.24, 2.45) is 5.92 Å². The largest absolute Gasteiger partial charge is 0.425 e. The molecule has 0 bridgehead atoms. The predicted molar refractivity (Wildman–Crippen MR) is 99.7 cm³/mol. The van der Waals surface area contributed by atoms with Crippen molar-refractivity contribution in [1.82, 2.24) is 20.4 Å². The number of benzene rings is 1. The molecule has 0 saturated heterocycles. The number of halogens is 2. The Morgan fingerprint density at radius 3 is 2.43 bits per heavy atom. The SMILES string of the molecule is Cc1nnc([C@@]2(C)CC[C@H](C(C)C)c3cc(-c4c(F)cccc4F)nnc32)o1. The normalized spacial score (nSPS) is 21.8. The first-order valence-electron chi connectivity index (χ1n) is 9.44. The fraction of sp³-hybridized carbons (Fsp3) is 0.429. The molecule has 0 radical (unpaired) electrons. The molecule has 28 heavy (non-hydrogen) atoms. The maximum absolute atomic E-state index is 14.3. The van der Waals surface area contributed by atoms with Crippen LogP contribution in [0.15, 0.2) is 28.7 Å². The zero-order chi connectivity index (χ0) is 20.1. The first kappa shape index (κ1) is 18.7.